The Morgan fingerprint density at radius 1 is 1.53 bits per heavy atom. The van der Waals surface area contributed by atoms with Crippen LogP contribution in [0, 0.1) is 0 Å². The minimum Gasteiger partial charge on any atom is -0.469 e. The second kappa shape index (κ2) is 8.99. The van der Waals surface area contributed by atoms with Gasteiger partial charge in [0, 0.05) is 5.33 Å². The van der Waals surface area contributed by atoms with Gasteiger partial charge in [-0.3, -0.25) is 9.36 Å². The first-order chi connectivity index (χ1) is 7.97. The van der Waals surface area contributed by atoms with Gasteiger partial charge in [-0.15, -0.1) is 0 Å². The van der Waals surface area contributed by atoms with Crippen LogP contribution in [0.4, 0.5) is 4.39 Å². The van der Waals surface area contributed by atoms with Gasteiger partial charge in [-0.05, 0) is 0 Å². The van der Waals surface area contributed by atoms with E-state index >= 15 is 0 Å². The molecule has 0 spiro atoms. The summed E-state index contributed by atoms with van der Waals surface area (Å²) in [7, 11) is -2.57. The number of hydrogen-bond acceptors (Lipinski definition) is 6. The molecule has 0 radical (unpaired) electrons. The van der Waals surface area contributed by atoms with Crippen LogP contribution in [0.3, 0.4) is 0 Å². The van der Waals surface area contributed by atoms with Gasteiger partial charge >= 0.3 is 13.6 Å². The van der Waals surface area contributed by atoms with Gasteiger partial charge in [0.05, 0.1) is 20.3 Å². The zero-order valence-electron chi connectivity index (χ0n) is 9.30. The van der Waals surface area contributed by atoms with Crippen LogP contribution in [0.15, 0.2) is 0 Å². The first-order valence-corrected chi connectivity index (χ1v) is 7.57. The number of aliphatic hydroxyl groups excluding tert-OH is 1. The Morgan fingerprint density at radius 3 is 2.65 bits per heavy atom. The molecule has 17 heavy (non-hydrogen) atoms. The summed E-state index contributed by atoms with van der Waals surface area (Å²) >= 11 is 3.05. The van der Waals surface area contributed by atoms with Crippen molar-refractivity contribution in [2.45, 2.75) is 6.10 Å². The number of alkyl halides is 2. The highest BCUT2D eigenvalue weighted by molar-refractivity contribution is 9.09. The van der Waals surface area contributed by atoms with E-state index in [4.69, 9.17) is 14.2 Å². The highest BCUT2D eigenvalue weighted by atomic mass is 79.9. The minimum atomic E-state index is -3.71. The largest absolute Gasteiger partial charge is 0.469 e. The summed E-state index contributed by atoms with van der Waals surface area (Å²) in [4.78, 5) is 11.0. The first-order valence-electron chi connectivity index (χ1n) is 4.72. The van der Waals surface area contributed by atoms with Crippen molar-refractivity contribution in [3.05, 3.63) is 0 Å². The van der Waals surface area contributed by atoms with Crippen molar-refractivity contribution in [2.75, 3.05) is 38.5 Å². The fourth-order valence-corrected chi connectivity index (χ4v) is 2.65. The maximum absolute atomic E-state index is 12.0. The standard InChI is InChI=1S/C8H15BrFO6P/c1-14-8(12)6-17(13,15-3-2-9)16-5-7(11)4-10/h7,11H,2-6H2,1H3/t7-,17?/m1/s1. The van der Waals surface area contributed by atoms with Crippen molar-refractivity contribution in [3.8, 4) is 0 Å². The van der Waals surface area contributed by atoms with Gasteiger partial charge in [0.1, 0.15) is 18.9 Å². The Bertz CT molecular complexity index is 277. The molecule has 0 aliphatic heterocycles. The second-order valence-corrected chi connectivity index (χ2v) is 5.82. The van der Waals surface area contributed by atoms with E-state index in [1.807, 2.05) is 0 Å². The Labute approximate surface area is 107 Å². The molecule has 0 aliphatic carbocycles. The molecule has 102 valence electrons. The number of rotatable bonds is 9. The lowest BCUT2D eigenvalue weighted by Gasteiger charge is -2.18. The molecule has 0 aromatic rings. The Balaban J connectivity index is 4.38. The highest BCUT2D eigenvalue weighted by Crippen LogP contribution is 2.48. The average Bonchev–Trinajstić information content (AvgIpc) is 2.33. The van der Waals surface area contributed by atoms with Crippen LogP contribution in [0.25, 0.3) is 0 Å². The summed E-state index contributed by atoms with van der Waals surface area (Å²) < 4.78 is 38.0. The third-order valence-electron chi connectivity index (χ3n) is 1.56. The zero-order valence-corrected chi connectivity index (χ0v) is 11.8. The maximum Gasteiger partial charge on any atom is 0.341 e. The molecule has 0 fully saturated rings. The smallest absolute Gasteiger partial charge is 0.341 e. The van der Waals surface area contributed by atoms with Gasteiger partial charge in [-0.1, -0.05) is 15.9 Å². The van der Waals surface area contributed by atoms with E-state index < -0.39 is 39.1 Å². The number of ether oxygens (including phenoxy) is 1. The molecule has 2 atom stereocenters. The van der Waals surface area contributed by atoms with Crippen molar-refractivity contribution < 1.29 is 32.6 Å². The summed E-state index contributed by atoms with van der Waals surface area (Å²) in [6.07, 6.45) is -1.97. The molecule has 0 aliphatic rings. The van der Waals surface area contributed by atoms with E-state index in [0.29, 0.717) is 5.33 Å². The average molecular weight is 337 g/mol. The molecule has 9 heteroatoms. The zero-order chi connectivity index (χ0) is 13.3. The lowest BCUT2D eigenvalue weighted by Crippen LogP contribution is -2.19. The molecule has 0 aromatic carbocycles. The fraction of sp³-hybridized carbons (Fsp3) is 0.875. The van der Waals surface area contributed by atoms with Crippen molar-refractivity contribution in [1.82, 2.24) is 0 Å². The van der Waals surface area contributed by atoms with Crippen molar-refractivity contribution in [3.63, 3.8) is 0 Å². The molecular formula is C8H15BrFO6P. The molecule has 0 amide bonds. The monoisotopic (exact) mass is 336 g/mol. The minimum absolute atomic E-state index is 0.0555. The Morgan fingerprint density at radius 2 is 2.18 bits per heavy atom. The van der Waals surface area contributed by atoms with Gasteiger partial charge in [0.15, 0.2) is 0 Å². The molecule has 1 N–H and O–H groups in total. The molecule has 0 rings (SSSR count). The molecule has 0 heterocycles. The summed E-state index contributed by atoms with van der Waals surface area (Å²) in [5.41, 5.74) is 0. The predicted octanol–water partition coefficient (Wildman–Crippen LogP) is 1.11. The van der Waals surface area contributed by atoms with Crippen LogP contribution in [-0.4, -0.2) is 55.7 Å². The van der Waals surface area contributed by atoms with Crippen LogP contribution in [0.5, 0.6) is 0 Å². The van der Waals surface area contributed by atoms with Gasteiger partial charge in [0.25, 0.3) is 0 Å². The summed E-state index contributed by atoms with van der Waals surface area (Å²) in [6, 6.07) is 0. The fourth-order valence-electron chi connectivity index (χ4n) is 0.769. The number of carbonyl (C=O) groups excluding carboxylic acids is 1. The van der Waals surface area contributed by atoms with Gasteiger partial charge in [-0.25, -0.2) is 4.39 Å². The second-order valence-electron chi connectivity index (χ2n) is 2.97. The number of halogens is 2. The number of methoxy groups -OCH3 is 1. The van der Waals surface area contributed by atoms with E-state index in [-0.39, 0.29) is 6.61 Å². The molecule has 0 saturated heterocycles. The van der Waals surface area contributed by atoms with Gasteiger partial charge in [0.2, 0.25) is 0 Å². The molecule has 1 unspecified atom stereocenters. The van der Waals surface area contributed by atoms with Crippen LogP contribution >= 0.6 is 23.5 Å². The quantitative estimate of drug-likeness (QED) is 0.386. The van der Waals surface area contributed by atoms with Crippen LogP contribution in [0.2, 0.25) is 0 Å². The number of hydrogen-bond donors (Lipinski definition) is 1. The first kappa shape index (κ1) is 17.0. The lowest BCUT2D eigenvalue weighted by molar-refractivity contribution is -0.137. The van der Waals surface area contributed by atoms with Crippen molar-refractivity contribution in [2.24, 2.45) is 0 Å². The van der Waals surface area contributed by atoms with Crippen LogP contribution in [0.1, 0.15) is 0 Å². The number of aliphatic hydroxyl groups is 1. The van der Waals surface area contributed by atoms with Crippen LogP contribution in [-0.2, 0) is 23.1 Å². The van der Waals surface area contributed by atoms with E-state index in [1.54, 1.807) is 0 Å². The third-order valence-corrected chi connectivity index (χ3v) is 3.64. The van der Waals surface area contributed by atoms with Gasteiger partial charge in [-0.2, -0.15) is 0 Å². The number of esters is 1. The van der Waals surface area contributed by atoms with Crippen molar-refractivity contribution in [1.29, 1.82) is 0 Å². The molecular weight excluding hydrogens is 322 g/mol. The van der Waals surface area contributed by atoms with Crippen LogP contribution < -0.4 is 0 Å². The molecule has 0 bridgehead atoms. The predicted molar refractivity (Wildman–Crippen MR) is 62.2 cm³/mol. The normalized spacial score (nSPS) is 16.2. The Hall–Kier alpha value is -0.0100. The highest BCUT2D eigenvalue weighted by Gasteiger charge is 2.30. The van der Waals surface area contributed by atoms with Crippen molar-refractivity contribution >= 4 is 29.5 Å². The topological polar surface area (TPSA) is 82.1 Å². The maximum atomic E-state index is 12.0. The van der Waals surface area contributed by atoms with E-state index in [2.05, 4.69) is 20.7 Å². The van der Waals surface area contributed by atoms with Gasteiger partial charge < -0.3 is 18.9 Å². The Kier molecular flexibility index (Phi) is 8.99. The molecule has 0 saturated carbocycles. The summed E-state index contributed by atoms with van der Waals surface area (Å²) in [5.74, 6) is -0.766. The van der Waals surface area contributed by atoms with E-state index in [1.165, 1.54) is 0 Å². The third kappa shape index (κ3) is 7.83. The lowest BCUT2D eigenvalue weighted by atomic mass is 10.4. The molecule has 6 nitrogen and oxygen atoms in total. The summed E-state index contributed by atoms with van der Waals surface area (Å²) in [5, 5.41) is 9.33. The van der Waals surface area contributed by atoms with E-state index in [0.717, 1.165) is 7.11 Å². The SMILES string of the molecule is COC(=O)CP(=O)(OCCBr)OC[C@H](O)CF. The number of carbonyl (C=O) groups is 1. The molecule has 0 aromatic heterocycles. The van der Waals surface area contributed by atoms with E-state index in [9.17, 15) is 13.8 Å². The summed E-state index contributed by atoms with van der Waals surface area (Å²) in [6.45, 7) is -1.48.